The molecule has 0 aromatic carbocycles. The van der Waals surface area contributed by atoms with Crippen LogP contribution in [0.2, 0.25) is 0 Å². The lowest BCUT2D eigenvalue weighted by atomic mass is 10.1. The summed E-state index contributed by atoms with van der Waals surface area (Å²) in [5, 5.41) is 11.2. The van der Waals surface area contributed by atoms with Crippen molar-refractivity contribution < 1.29 is 23.8 Å². The number of unbranched alkanes of at least 4 members (excludes halogenated alkanes) is 7. The zero-order valence-electron chi connectivity index (χ0n) is 16.8. The maximum Gasteiger partial charge on any atom is 0.412 e. The fourth-order valence-electron chi connectivity index (χ4n) is 2.96. The van der Waals surface area contributed by atoms with Crippen LogP contribution in [-0.2, 0) is 9.47 Å². The number of thioether (sulfide) groups is 1. The fraction of sp³-hybridized carbons (Fsp3) is 0.737. The molecule has 1 fully saturated rings. The van der Waals surface area contributed by atoms with Gasteiger partial charge in [0.1, 0.15) is 11.7 Å². The van der Waals surface area contributed by atoms with Crippen LogP contribution in [0.3, 0.4) is 0 Å². The molecule has 1 aromatic heterocycles. The van der Waals surface area contributed by atoms with Gasteiger partial charge in [0.25, 0.3) is 0 Å². The molecule has 0 spiro atoms. The van der Waals surface area contributed by atoms with Gasteiger partial charge >= 0.3 is 11.8 Å². The molecule has 2 rings (SSSR count). The third-order valence-electron chi connectivity index (χ3n) is 4.55. The number of carbonyl (C=O) groups is 1. The third kappa shape index (κ3) is 7.94. The van der Waals surface area contributed by atoms with Crippen LogP contribution in [-0.4, -0.2) is 45.2 Å². The second kappa shape index (κ2) is 12.8. The molecule has 1 aliphatic rings. The molecule has 0 radical (unpaired) electrons. The van der Waals surface area contributed by atoms with Gasteiger partial charge in [0, 0.05) is 5.75 Å². The fourth-order valence-corrected chi connectivity index (χ4v) is 3.89. The predicted molar refractivity (Wildman–Crippen MR) is 109 cm³/mol. The van der Waals surface area contributed by atoms with Crippen molar-refractivity contribution in [3.8, 4) is 0 Å². The zero-order valence-corrected chi connectivity index (χ0v) is 17.6. The Morgan fingerprint density at radius 3 is 2.69 bits per heavy atom. The van der Waals surface area contributed by atoms with Gasteiger partial charge < -0.3 is 14.6 Å². The average molecular weight is 432 g/mol. The predicted octanol–water partition coefficient (Wildman–Crippen LogP) is 3.65. The lowest BCUT2D eigenvalue weighted by Crippen LogP contribution is -2.30. The van der Waals surface area contributed by atoms with Crippen molar-refractivity contribution in [2.75, 3.05) is 24.3 Å². The summed E-state index contributed by atoms with van der Waals surface area (Å²) in [5.74, 6) is -0.953. The Labute approximate surface area is 174 Å². The average Bonchev–Trinajstić information content (AvgIpc) is 3.18. The lowest BCUT2D eigenvalue weighted by Gasteiger charge is -2.14. The van der Waals surface area contributed by atoms with E-state index in [-0.39, 0.29) is 13.2 Å². The number of nitrogens with zero attached hydrogens (tertiary/aromatic N) is 2. The maximum atomic E-state index is 14.2. The monoisotopic (exact) mass is 431 g/mol. The largest absolute Gasteiger partial charge is 0.449 e. The molecule has 0 saturated carbocycles. The maximum absolute atomic E-state index is 14.2. The van der Waals surface area contributed by atoms with Gasteiger partial charge in [-0.3, -0.25) is 9.88 Å². The van der Waals surface area contributed by atoms with Crippen LogP contribution in [0.15, 0.2) is 11.0 Å². The van der Waals surface area contributed by atoms with Crippen LogP contribution in [0.5, 0.6) is 0 Å². The minimum absolute atomic E-state index is 0.198. The van der Waals surface area contributed by atoms with Crippen LogP contribution in [0.4, 0.5) is 15.0 Å². The van der Waals surface area contributed by atoms with Crippen molar-refractivity contribution in [1.82, 2.24) is 9.55 Å². The van der Waals surface area contributed by atoms with Crippen molar-refractivity contribution in [2.24, 2.45) is 0 Å². The Kier molecular flexibility index (Phi) is 10.4. The first-order valence-corrected chi connectivity index (χ1v) is 11.2. The zero-order chi connectivity index (χ0) is 21.1. The number of aliphatic hydroxyl groups is 1. The number of halogens is 1. The molecule has 1 saturated heterocycles. The first-order chi connectivity index (χ1) is 14.0. The van der Waals surface area contributed by atoms with Crippen molar-refractivity contribution in [3.05, 3.63) is 22.5 Å². The molecule has 164 valence electrons. The molecular formula is C19H30FN3O5S. The van der Waals surface area contributed by atoms with Crippen LogP contribution < -0.4 is 11.0 Å². The molecular weight excluding hydrogens is 401 g/mol. The number of ether oxygens (including phenoxy) is 2. The van der Waals surface area contributed by atoms with Gasteiger partial charge in [-0.25, -0.2) is 14.0 Å². The minimum Gasteiger partial charge on any atom is -0.449 e. The van der Waals surface area contributed by atoms with E-state index in [1.807, 2.05) is 0 Å². The molecule has 2 N–H and O–H groups in total. The highest BCUT2D eigenvalue weighted by Gasteiger charge is 2.28. The van der Waals surface area contributed by atoms with Gasteiger partial charge in [-0.1, -0.05) is 51.9 Å². The first-order valence-electron chi connectivity index (χ1n) is 10.2. The number of hydrogen-bond donors (Lipinski definition) is 2. The topological polar surface area (TPSA) is 103 Å². The number of aliphatic hydroxyl groups excluding tert-OH is 1. The van der Waals surface area contributed by atoms with E-state index in [0.717, 1.165) is 30.0 Å². The summed E-state index contributed by atoms with van der Waals surface area (Å²) in [7, 11) is 0. The second-order valence-corrected chi connectivity index (χ2v) is 8.09. The van der Waals surface area contributed by atoms with Gasteiger partial charge in [0.05, 0.1) is 19.4 Å². The number of amides is 1. The number of nitrogens with one attached hydrogen (secondary N) is 1. The first kappa shape index (κ1) is 23.6. The second-order valence-electron chi connectivity index (χ2n) is 6.90. The van der Waals surface area contributed by atoms with Crippen LogP contribution in [0.1, 0.15) is 64.5 Å². The van der Waals surface area contributed by atoms with E-state index < -0.39 is 35.1 Å². The van der Waals surface area contributed by atoms with Crippen molar-refractivity contribution >= 4 is 23.7 Å². The van der Waals surface area contributed by atoms with Gasteiger partial charge in [0.2, 0.25) is 0 Å². The molecule has 2 heterocycles. The molecule has 1 aliphatic heterocycles. The normalized spacial score (nSPS) is 18.7. The highest BCUT2D eigenvalue weighted by molar-refractivity contribution is 8.00. The van der Waals surface area contributed by atoms with Gasteiger partial charge in [-0.2, -0.15) is 4.98 Å². The van der Waals surface area contributed by atoms with E-state index in [9.17, 15) is 14.0 Å². The van der Waals surface area contributed by atoms with Gasteiger partial charge in [-0.05, 0) is 6.42 Å². The Morgan fingerprint density at radius 1 is 1.34 bits per heavy atom. The number of rotatable bonds is 12. The van der Waals surface area contributed by atoms with E-state index in [4.69, 9.17) is 14.6 Å². The molecule has 0 bridgehead atoms. The molecule has 0 aliphatic carbocycles. The van der Waals surface area contributed by atoms with Crippen LogP contribution >= 0.6 is 11.8 Å². The number of hydrogen-bond acceptors (Lipinski definition) is 7. The highest BCUT2D eigenvalue weighted by atomic mass is 32.2. The van der Waals surface area contributed by atoms with E-state index in [0.29, 0.717) is 5.75 Å². The number of anilines is 1. The highest BCUT2D eigenvalue weighted by Crippen LogP contribution is 2.30. The quantitative estimate of drug-likeness (QED) is 0.487. The molecule has 1 amide bonds. The Morgan fingerprint density at radius 2 is 2.03 bits per heavy atom. The molecule has 29 heavy (non-hydrogen) atoms. The van der Waals surface area contributed by atoms with Crippen molar-refractivity contribution in [3.63, 3.8) is 0 Å². The molecule has 10 heteroatoms. The van der Waals surface area contributed by atoms with Crippen molar-refractivity contribution in [1.29, 1.82) is 0 Å². The summed E-state index contributed by atoms with van der Waals surface area (Å²) < 4.78 is 25.7. The summed E-state index contributed by atoms with van der Waals surface area (Å²) in [4.78, 5) is 27.5. The van der Waals surface area contributed by atoms with Crippen LogP contribution in [0, 0.1) is 5.82 Å². The Bertz CT molecular complexity index is 703. The molecule has 0 unspecified atom stereocenters. The lowest BCUT2D eigenvalue weighted by molar-refractivity contribution is -0.00677. The Hall–Kier alpha value is -1.65. The van der Waals surface area contributed by atoms with E-state index in [1.165, 1.54) is 43.9 Å². The minimum atomic E-state index is -0.866. The van der Waals surface area contributed by atoms with E-state index in [2.05, 4.69) is 17.2 Å². The van der Waals surface area contributed by atoms with Gasteiger partial charge in [0.15, 0.2) is 11.6 Å². The Balaban J connectivity index is 1.72. The molecule has 2 atom stereocenters. The summed E-state index contributed by atoms with van der Waals surface area (Å²) in [6, 6.07) is 0. The summed E-state index contributed by atoms with van der Waals surface area (Å²) in [6.07, 6.45) is 8.37. The smallest absolute Gasteiger partial charge is 0.412 e. The molecule has 1 aromatic rings. The van der Waals surface area contributed by atoms with E-state index in [1.54, 1.807) is 0 Å². The number of carbonyl (C=O) groups excluding carboxylic acids is 1. The number of aromatic nitrogens is 2. The third-order valence-corrected chi connectivity index (χ3v) is 5.66. The standard InChI is InChI=1S/C19H30FN3O5S/c1-2-3-4-5-6-7-8-9-10-27-19(26)22-17-14(20)11-23(18(25)21-17)15-13-29-16(12-24)28-15/h11,15-16,24H,2-10,12-13H2,1H3,(H,21,22,25,26)/t15-,16+/m1/s1. The summed E-state index contributed by atoms with van der Waals surface area (Å²) >= 11 is 1.32. The van der Waals surface area contributed by atoms with E-state index >= 15 is 0 Å². The molecule has 8 nitrogen and oxygen atoms in total. The summed E-state index contributed by atoms with van der Waals surface area (Å²) in [6.45, 7) is 2.22. The SMILES string of the molecule is CCCCCCCCCCOC(=O)Nc1nc(=O)n([C@H]2CS[C@@H](CO)O2)cc1F. The van der Waals surface area contributed by atoms with Crippen molar-refractivity contribution in [2.45, 2.75) is 70.0 Å². The summed E-state index contributed by atoms with van der Waals surface area (Å²) in [5.41, 5.74) is -1.21. The van der Waals surface area contributed by atoms with Crippen LogP contribution in [0.25, 0.3) is 0 Å². The van der Waals surface area contributed by atoms with Gasteiger partial charge in [-0.15, -0.1) is 11.8 Å².